The predicted molar refractivity (Wildman–Crippen MR) is 270 cm³/mol. The number of hydrogen-bond donors (Lipinski definition) is 1. The molecule has 6 heteroatoms. The van der Waals surface area contributed by atoms with Gasteiger partial charge in [-0.3, -0.25) is 0 Å². The number of furan rings is 1. The van der Waals surface area contributed by atoms with Crippen LogP contribution < -0.4 is 5.32 Å². The molecule has 3 heterocycles. The van der Waals surface area contributed by atoms with Gasteiger partial charge in [0.25, 0.3) is 0 Å². The number of nitrogens with zero attached hydrogens (tertiary/aromatic N) is 4. The van der Waals surface area contributed by atoms with Crippen LogP contribution in [0.1, 0.15) is 53.4 Å². The molecule has 1 atom stereocenters. The third-order valence-corrected chi connectivity index (χ3v) is 13.0. The molecular formula is C60H45N5O. The second-order valence-electron chi connectivity index (χ2n) is 17.2. The molecular weight excluding hydrogens is 807 g/mol. The molecule has 66 heavy (non-hydrogen) atoms. The van der Waals surface area contributed by atoms with Crippen LogP contribution >= 0.6 is 0 Å². The highest BCUT2D eigenvalue weighted by Gasteiger charge is 2.27. The maximum absolute atomic E-state index is 6.67. The molecule has 2 aromatic heterocycles. The average Bonchev–Trinajstić information content (AvgIpc) is 3.81. The first kappa shape index (κ1) is 39.4. The van der Waals surface area contributed by atoms with Crippen LogP contribution in [0.25, 0.3) is 78.0 Å². The standard InChI is InChI=1S/C60H45N5O/c1-6-18-39(19-7-1)40-32-34-45(35-33-40)59-63-58(44-25-13-4-14-26-44)64-60(65-59)48-29-17-31-52-54(48)49-38-46(36-37-51(49)66-52)47-28-16-27-41-20-8-5-15-30-50-55(53(41)47)56(42-21-9-2-10-22-42)62-57(61-50)43-23-11-3-12-24-43/h1-4,6-7,9-14,16-19,21-29,31-38,59H,5,8,15,20,30H2,(H,63,64,65). The molecule has 0 saturated carbocycles. The number of fused-ring (bicyclic) bond motifs is 6. The number of amidine groups is 2. The number of hydrogen-bond acceptors (Lipinski definition) is 6. The Labute approximate surface area is 384 Å². The average molecular weight is 852 g/mol. The van der Waals surface area contributed by atoms with Crippen LogP contribution in [0.15, 0.2) is 215 Å². The fourth-order valence-corrected chi connectivity index (χ4v) is 9.75. The molecule has 1 N–H and O–H groups in total. The van der Waals surface area contributed by atoms with Crippen molar-refractivity contribution in [3.8, 4) is 56.0 Å². The van der Waals surface area contributed by atoms with E-state index in [1.807, 2.05) is 30.3 Å². The summed E-state index contributed by atoms with van der Waals surface area (Å²) in [5.74, 6) is 2.18. The highest BCUT2D eigenvalue weighted by Crippen LogP contribution is 2.45. The van der Waals surface area contributed by atoms with E-state index in [1.54, 1.807) is 0 Å². The first-order valence-corrected chi connectivity index (χ1v) is 23.0. The molecule has 0 amide bonds. The van der Waals surface area contributed by atoms with Crippen molar-refractivity contribution in [3.63, 3.8) is 0 Å². The SMILES string of the molecule is c1ccc(C2=NC(c3ccc(-c4ccccc4)cc3)NC(c3cccc4oc5ccc(-c6cccc7c6-c6c(nc(-c8ccccc8)nc6-c6ccccc6)CCCCC7)cc5c34)=N2)cc1. The number of aliphatic imine (C=N–C) groups is 2. The lowest BCUT2D eigenvalue weighted by Crippen LogP contribution is -2.33. The topological polar surface area (TPSA) is 75.7 Å². The van der Waals surface area contributed by atoms with Crippen molar-refractivity contribution in [2.24, 2.45) is 9.98 Å². The Morgan fingerprint density at radius 2 is 1.11 bits per heavy atom. The molecule has 0 fully saturated rings. The molecule has 1 aliphatic heterocycles. The van der Waals surface area contributed by atoms with Gasteiger partial charge in [-0.15, -0.1) is 0 Å². The van der Waals surface area contributed by atoms with Crippen molar-refractivity contribution < 1.29 is 4.42 Å². The zero-order valence-electron chi connectivity index (χ0n) is 36.4. The predicted octanol–water partition coefficient (Wildman–Crippen LogP) is 14.5. The van der Waals surface area contributed by atoms with Crippen molar-refractivity contribution in [2.75, 3.05) is 0 Å². The molecule has 6 nitrogen and oxygen atoms in total. The van der Waals surface area contributed by atoms with Crippen LogP contribution in [0.5, 0.6) is 0 Å². The van der Waals surface area contributed by atoms with Crippen LogP contribution in [-0.4, -0.2) is 21.6 Å². The summed E-state index contributed by atoms with van der Waals surface area (Å²) in [4.78, 5) is 21.3. The maximum atomic E-state index is 6.67. The Balaban J connectivity index is 1.02. The van der Waals surface area contributed by atoms with Crippen molar-refractivity contribution >= 4 is 33.6 Å². The van der Waals surface area contributed by atoms with Crippen molar-refractivity contribution in [1.82, 2.24) is 15.3 Å². The van der Waals surface area contributed by atoms with Gasteiger partial charge >= 0.3 is 0 Å². The van der Waals surface area contributed by atoms with Gasteiger partial charge in [0.1, 0.15) is 23.2 Å². The number of rotatable bonds is 7. The zero-order chi connectivity index (χ0) is 43.8. The minimum atomic E-state index is -0.363. The Morgan fingerprint density at radius 1 is 0.470 bits per heavy atom. The zero-order valence-corrected chi connectivity index (χ0v) is 36.4. The van der Waals surface area contributed by atoms with E-state index < -0.39 is 0 Å². The van der Waals surface area contributed by atoms with Gasteiger partial charge in [-0.2, -0.15) is 0 Å². The van der Waals surface area contributed by atoms with Gasteiger partial charge in [0.2, 0.25) is 0 Å². The summed E-state index contributed by atoms with van der Waals surface area (Å²) >= 11 is 0. The van der Waals surface area contributed by atoms with Gasteiger partial charge in [-0.1, -0.05) is 188 Å². The number of nitrogens with one attached hydrogen (secondary N) is 1. The summed E-state index contributed by atoms with van der Waals surface area (Å²) in [6, 6.07) is 70.1. The second-order valence-corrected chi connectivity index (χ2v) is 17.2. The van der Waals surface area contributed by atoms with E-state index in [1.165, 1.54) is 16.7 Å². The summed E-state index contributed by atoms with van der Waals surface area (Å²) in [6.45, 7) is 0. The lowest BCUT2D eigenvalue weighted by Gasteiger charge is -2.24. The lowest BCUT2D eigenvalue weighted by atomic mass is 9.85. The normalized spacial score (nSPS) is 14.8. The summed E-state index contributed by atoms with van der Waals surface area (Å²) in [7, 11) is 0. The van der Waals surface area contributed by atoms with Gasteiger partial charge in [0.15, 0.2) is 11.7 Å². The largest absolute Gasteiger partial charge is 0.456 e. The molecule has 1 aliphatic carbocycles. The van der Waals surface area contributed by atoms with Gasteiger partial charge < -0.3 is 9.73 Å². The minimum Gasteiger partial charge on any atom is -0.456 e. The van der Waals surface area contributed by atoms with E-state index in [-0.39, 0.29) is 6.17 Å². The summed E-state index contributed by atoms with van der Waals surface area (Å²) in [6.07, 6.45) is 4.81. The van der Waals surface area contributed by atoms with Gasteiger partial charge in [0, 0.05) is 38.6 Å². The summed E-state index contributed by atoms with van der Waals surface area (Å²) in [5.41, 5.74) is 17.0. The molecule has 1 unspecified atom stereocenters. The molecule has 316 valence electrons. The smallest absolute Gasteiger partial charge is 0.160 e. The molecule has 10 aromatic rings. The summed E-state index contributed by atoms with van der Waals surface area (Å²) < 4.78 is 6.67. The van der Waals surface area contributed by atoms with Crippen LogP contribution in [-0.2, 0) is 12.8 Å². The molecule has 2 aliphatic rings. The van der Waals surface area contributed by atoms with Crippen molar-refractivity contribution in [2.45, 2.75) is 38.3 Å². The lowest BCUT2D eigenvalue weighted by molar-refractivity contribution is 0.668. The van der Waals surface area contributed by atoms with Gasteiger partial charge in [-0.25, -0.2) is 20.0 Å². The Hall–Kier alpha value is -8.22. The Morgan fingerprint density at radius 3 is 1.86 bits per heavy atom. The van der Waals surface area contributed by atoms with Crippen LogP contribution in [0.2, 0.25) is 0 Å². The van der Waals surface area contributed by atoms with Crippen LogP contribution in [0.3, 0.4) is 0 Å². The molecule has 8 aromatic carbocycles. The van der Waals surface area contributed by atoms with E-state index in [2.05, 4.69) is 175 Å². The van der Waals surface area contributed by atoms with E-state index in [9.17, 15) is 0 Å². The Kier molecular flexibility index (Phi) is 10.2. The third kappa shape index (κ3) is 7.36. The van der Waals surface area contributed by atoms with Gasteiger partial charge in [-0.05, 0) is 82.8 Å². The second kappa shape index (κ2) is 17.1. The van der Waals surface area contributed by atoms with E-state index in [4.69, 9.17) is 24.4 Å². The fourth-order valence-electron chi connectivity index (χ4n) is 9.75. The number of benzene rings is 8. The highest BCUT2D eigenvalue weighted by molar-refractivity contribution is 6.22. The summed E-state index contributed by atoms with van der Waals surface area (Å²) in [5, 5.41) is 5.78. The Bertz CT molecular complexity index is 3450. The molecule has 0 bridgehead atoms. The van der Waals surface area contributed by atoms with Crippen LogP contribution in [0.4, 0.5) is 0 Å². The number of aryl methyl sites for hydroxylation is 2. The van der Waals surface area contributed by atoms with E-state index >= 15 is 0 Å². The molecule has 12 rings (SSSR count). The molecule has 0 spiro atoms. The first-order valence-electron chi connectivity index (χ1n) is 23.0. The monoisotopic (exact) mass is 851 g/mol. The van der Waals surface area contributed by atoms with Crippen molar-refractivity contribution in [3.05, 3.63) is 228 Å². The van der Waals surface area contributed by atoms with E-state index in [0.29, 0.717) is 5.84 Å². The van der Waals surface area contributed by atoms with Crippen LogP contribution in [0, 0.1) is 0 Å². The number of aromatic nitrogens is 2. The minimum absolute atomic E-state index is 0.363. The third-order valence-electron chi connectivity index (χ3n) is 13.0. The van der Waals surface area contributed by atoms with Gasteiger partial charge in [0.05, 0.1) is 11.4 Å². The highest BCUT2D eigenvalue weighted by atomic mass is 16.3. The molecule has 0 saturated heterocycles. The van der Waals surface area contributed by atoms with Crippen molar-refractivity contribution in [1.29, 1.82) is 0 Å². The fraction of sp³-hybridized carbons (Fsp3) is 0.100. The van der Waals surface area contributed by atoms with E-state index in [0.717, 1.165) is 127 Å². The quantitative estimate of drug-likeness (QED) is 0.173. The first-order chi connectivity index (χ1) is 32.7. The molecule has 0 radical (unpaired) electrons. The maximum Gasteiger partial charge on any atom is 0.160 e.